The third-order valence-electron chi connectivity index (χ3n) is 8.80. The molecule has 3 N–H and O–H groups in total. The van der Waals surface area contributed by atoms with Crippen LogP contribution in [0, 0.1) is 0 Å². The van der Waals surface area contributed by atoms with E-state index in [0.717, 1.165) is 29.9 Å². The number of esters is 4. The van der Waals surface area contributed by atoms with E-state index in [1.807, 2.05) is 54.6 Å². The van der Waals surface area contributed by atoms with Crippen LogP contribution >= 0.6 is 24.0 Å². The maximum Gasteiger partial charge on any atom is 0.303 e. The Morgan fingerprint density at radius 3 is 2.05 bits per heavy atom. The van der Waals surface area contributed by atoms with Gasteiger partial charge in [-0.25, -0.2) is 0 Å². The van der Waals surface area contributed by atoms with Gasteiger partial charge in [0.25, 0.3) is 0 Å². The monoisotopic (exact) mass is 811 g/mol. The molecule has 0 spiro atoms. The highest BCUT2D eigenvalue weighted by Crippen LogP contribution is 2.40. The summed E-state index contributed by atoms with van der Waals surface area (Å²) in [6.07, 6.45) is -6.69. The Morgan fingerprint density at radius 1 is 0.786 bits per heavy atom. The van der Waals surface area contributed by atoms with Crippen LogP contribution < -0.4 is 5.32 Å². The van der Waals surface area contributed by atoms with Crippen molar-refractivity contribution in [2.45, 2.75) is 101 Å². The lowest BCUT2D eigenvalue weighted by Gasteiger charge is -2.44. The minimum Gasteiger partial charge on any atom is -0.508 e. The largest absolute Gasteiger partial charge is 0.508 e. The van der Waals surface area contributed by atoms with Gasteiger partial charge in [-0.05, 0) is 47.5 Å². The lowest BCUT2D eigenvalue weighted by Crippen LogP contribution is -2.62. The van der Waals surface area contributed by atoms with E-state index >= 15 is 0 Å². The third-order valence-corrected chi connectivity index (χ3v) is 10.2. The number of carbonyl (C=O) groups is 4. The molecule has 0 bridgehead atoms. The maximum absolute atomic E-state index is 12.3. The molecule has 0 saturated carbocycles. The van der Waals surface area contributed by atoms with Gasteiger partial charge in [-0.2, -0.15) is 0 Å². The molecular weight excluding hydrogens is 767 g/mol. The Balaban J connectivity index is 1.35. The first-order valence-electron chi connectivity index (χ1n) is 17.9. The van der Waals surface area contributed by atoms with Crippen molar-refractivity contribution in [1.82, 2.24) is 0 Å². The minimum absolute atomic E-state index is 0.0441. The van der Waals surface area contributed by atoms with Crippen LogP contribution in [0.4, 0.5) is 5.69 Å². The number of carbonyl (C=O) groups excluding carboxylic acids is 4. The zero-order chi connectivity index (χ0) is 40.4. The highest BCUT2D eigenvalue weighted by atomic mass is 32.2. The molecule has 0 radical (unpaired) electrons. The second-order valence-corrected chi connectivity index (χ2v) is 14.9. The Labute approximate surface area is 334 Å². The van der Waals surface area contributed by atoms with Gasteiger partial charge < -0.3 is 48.7 Å². The highest BCUT2D eigenvalue weighted by molar-refractivity contribution is 7.99. The molecule has 2 heterocycles. The zero-order valence-corrected chi connectivity index (χ0v) is 32.9. The van der Waals surface area contributed by atoms with Crippen molar-refractivity contribution in [2.75, 3.05) is 17.7 Å². The van der Waals surface area contributed by atoms with Crippen molar-refractivity contribution in [3.63, 3.8) is 0 Å². The lowest BCUT2D eigenvalue weighted by molar-refractivity contribution is -0.251. The van der Waals surface area contributed by atoms with E-state index in [1.54, 1.807) is 30.0 Å². The van der Waals surface area contributed by atoms with E-state index in [9.17, 15) is 29.4 Å². The van der Waals surface area contributed by atoms with E-state index < -0.39 is 60.7 Å². The number of nitrogens with one attached hydrogen (secondary N) is 1. The molecule has 0 aromatic heterocycles. The van der Waals surface area contributed by atoms with Gasteiger partial charge in [0.05, 0.1) is 23.8 Å². The standard InChI is InChI=1S/C40H45NO13S2/c1-22(43)48-20-35-38(50-24(3)45)39(51-25(4)46)37(49-23(2)44)34(53-35)18-36(55)41-29-7-5-6-28(16-29)40-52-31(21-56-32-14-12-30(47)13-15-32)17-33(54-40)27-10-8-26(19-42)9-11-27/h5-16,31,33-35,37-40,42,47H,17-21H2,1-4H3,(H,41,55). The van der Waals surface area contributed by atoms with E-state index in [0.29, 0.717) is 23.4 Å². The van der Waals surface area contributed by atoms with Crippen LogP contribution in [0.1, 0.15) is 69.6 Å². The molecule has 0 amide bonds. The molecule has 2 fully saturated rings. The molecule has 14 nitrogen and oxygen atoms in total. The first kappa shape index (κ1) is 42.6. The summed E-state index contributed by atoms with van der Waals surface area (Å²) in [7, 11) is 0. The topological polar surface area (TPSA) is 185 Å². The van der Waals surface area contributed by atoms with Crippen LogP contribution in [0.2, 0.25) is 0 Å². The Morgan fingerprint density at radius 2 is 1.43 bits per heavy atom. The summed E-state index contributed by atoms with van der Waals surface area (Å²) >= 11 is 7.36. The molecule has 8 unspecified atom stereocenters. The second kappa shape index (κ2) is 20.0. The van der Waals surface area contributed by atoms with Gasteiger partial charge in [0.1, 0.15) is 24.6 Å². The molecule has 3 aromatic rings. The summed E-state index contributed by atoms with van der Waals surface area (Å²) in [5, 5.41) is 22.5. The van der Waals surface area contributed by atoms with E-state index in [4.69, 9.17) is 45.4 Å². The van der Waals surface area contributed by atoms with Gasteiger partial charge in [0.2, 0.25) is 0 Å². The molecule has 5 rings (SSSR count). The molecule has 0 aliphatic carbocycles. The summed E-state index contributed by atoms with van der Waals surface area (Å²) < 4.78 is 41.0. The molecule has 2 saturated heterocycles. The van der Waals surface area contributed by atoms with Crippen molar-refractivity contribution >= 4 is 58.5 Å². The van der Waals surface area contributed by atoms with Gasteiger partial charge in [0.15, 0.2) is 24.6 Å². The fraction of sp³-hybridized carbons (Fsp3) is 0.425. The van der Waals surface area contributed by atoms with Crippen LogP contribution in [0.3, 0.4) is 0 Å². The van der Waals surface area contributed by atoms with Crippen molar-refractivity contribution < 1.29 is 62.5 Å². The number of aromatic hydroxyl groups is 1. The summed E-state index contributed by atoms with van der Waals surface area (Å²) in [5.41, 5.74) is 3.03. The fourth-order valence-electron chi connectivity index (χ4n) is 6.39. The maximum atomic E-state index is 12.3. The minimum atomic E-state index is -1.31. The average Bonchev–Trinajstić information content (AvgIpc) is 3.15. The summed E-state index contributed by atoms with van der Waals surface area (Å²) in [4.78, 5) is 49.6. The van der Waals surface area contributed by atoms with E-state index in [1.165, 1.54) is 13.8 Å². The molecule has 300 valence electrons. The number of benzene rings is 3. The van der Waals surface area contributed by atoms with E-state index in [2.05, 4.69) is 5.32 Å². The number of hydrogen-bond acceptors (Lipinski definition) is 15. The zero-order valence-electron chi connectivity index (χ0n) is 31.3. The van der Waals surface area contributed by atoms with Gasteiger partial charge >= 0.3 is 23.9 Å². The molecule has 8 atom stereocenters. The van der Waals surface area contributed by atoms with Crippen LogP contribution in [0.15, 0.2) is 77.7 Å². The van der Waals surface area contributed by atoms with Crippen molar-refractivity contribution in [3.05, 3.63) is 89.5 Å². The predicted octanol–water partition coefficient (Wildman–Crippen LogP) is 5.48. The normalized spacial score (nSPS) is 24.7. The van der Waals surface area contributed by atoms with Gasteiger partial charge in [-0.1, -0.05) is 48.6 Å². The van der Waals surface area contributed by atoms with Crippen LogP contribution in [-0.2, 0) is 58.9 Å². The van der Waals surface area contributed by atoms with Crippen LogP contribution in [-0.4, -0.2) is 88.1 Å². The number of aliphatic hydroxyl groups is 1. The summed E-state index contributed by atoms with van der Waals surface area (Å²) in [6.45, 7) is 4.28. The van der Waals surface area contributed by atoms with Crippen LogP contribution in [0.25, 0.3) is 0 Å². The van der Waals surface area contributed by atoms with Crippen molar-refractivity contribution in [3.8, 4) is 5.75 Å². The number of hydrogen-bond donors (Lipinski definition) is 3. The molecule has 3 aromatic carbocycles. The fourth-order valence-corrected chi connectivity index (χ4v) is 7.60. The molecule has 2 aliphatic rings. The Bertz CT molecular complexity index is 1840. The number of thioether (sulfide) groups is 1. The number of anilines is 1. The predicted molar refractivity (Wildman–Crippen MR) is 206 cm³/mol. The van der Waals surface area contributed by atoms with Crippen molar-refractivity contribution in [1.29, 1.82) is 0 Å². The quantitative estimate of drug-likeness (QED) is 0.0804. The number of rotatable bonds is 14. The first-order chi connectivity index (χ1) is 26.8. The molecular formula is C40H45NO13S2. The highest BCUT2D eigenvalue weighted by Gasteiger charge is 2.52. The molecule has 2 aliphatic heterocycles. The molecule has 56 heavy (non-hydrogen) atoms. The summed E-state index contributed by atoms with van der Waals surface area (Å²) in [6, 6.07) is 21.9. The SMILES string of the molecule is CC(=O)OCC1OC(CC(=S)Nc2cccc(C3OC(CSc4ccc(O)cc4)CC(c4ccc(CO)cc4)O3)c2)C(OC(C)=O)C(OC(C)=O)C1OC(C)=O. The Kier molecular flexibility index (Phi) is 15.2. The average molecular weight is 812 g/mol. The van der Waals surface area contributed by atoms with Crippen LogP contribution in [0.5, 0.6) is 5.75 Å². The Hall–Kier alpha value is -4.58. The lowest BCUT2D eigenvalue weighted by atomic mass is 9.92. The van der Waals surface area contributed by atoms with Gasteiger partial charge in [0, 0.05) is 62.4 Å². The molecule has 16 heteroatoms. The summed E-state index contributed by atoms with van der Waals surface area (Å²) in [5.74, 6) is -1.97. The van der Waals surface area contributed by atoms with Gasteiger partial charge in [-0.15, -0.1) is 11.8 Å². The van der Waals surface area contributed by atoms with Gasteiger partial charge in [-0.3, -0.25) is 19.2 Å². The number of ether oxygens (including phenoxy) is 7. The number of phenols is 1. The number of thiocarbonyl (C=S) groups is 1. The van der Waals surface area contributed by atoms with E-state index in [-0.39, 0.29) is 42.6 Å². The third kappa shape index (κ3) is 12.2. The second-order valence-electron chi connectivity index (χ2n) is 13.3. The first-order valence-corrected chi connectivity index (χ1v) is 19.3. The number of phenolic OH excluding ortho intramolecular Hbond substituents is 1. The smallest absolute Gasteiger partial charge is 0.303 e. The number of aliphatic hydroxyl groups excluding tert-OH is 1. The van der Waals surface area contributed by atoms with Crippen molar-refractivity contribution in [2.24, 2.45) is 0 Å².